The molecule has 0 radical (unpaired) electrons. The Bertz CT molecular complexity index is 5400. The van der Waals surface area contributed by atoms with Crippen molar-refractivity contribution in [2.24, 2.45) is 0 Å². The summed E-state index contributed by atoms with van der Waals surface area (Å²) in [5, 5.41) is 12.0. The Morgan fingerprint density at radius 3 is 0.880 bits per heavy atom. The molecule has 7 heteroatoms. The lowest BCUT2D eigenvalue weighted by molar-refractivity contribution is 0.994. The van der Waals surface area contributed by atoms with Gasteiger partial charge in [0.1, 0.15) is 11.6 Å². The molecule has 0 amide bonds. The largest absolute Gasteiger partial charge is 0.309 e. The van der Waals surface area contributed by atoms with Crippen LogP contribution in [0.4, 0.5) is 0 Å². The highest BCUT2D eigenvalue weighted by Crippen LogP contribution is 2.42. The van der Waals surface area contributed by atoms with Gasteiger partial charge in [-0.15, -0.1) is 0 Å². The molecule has 0 aliphatic carbocycles. The second kappa shape index (κ2) is 17.6. The zero-order valence-electron chi connectivity index (χ0n) is 44.8. The molecular weight excluding hydrogens is 1010 g/mol. The van der Waals surface area contributed by atoms with Crippen molar-refractivity contribution in [1.29, 1.82) is 0 Å². The van der Waals surface area contributed by atoms with Crippen LogP contribution in [0, 0.1) is 0 Å². The van der Waals surface area contributed by atoms with Crippen LogP contribution in [-0.2, 0) is 0 Å². The van der Waals surface area contributed by atoms with Gasteiger partial charge in [0.25, 0.3) is 0 Å². The number of rotatable bonds is 7. The van der Waals surface area contributed by atoms with Crippen LogP contribution in [0.3, 0.4) is 0 Å². The second-order valence-electron chi connectivity index (χ2n) is 21.8. The third kappa shape index (κ3) is 6.73. The summed E-state index contributed by atoms with van der Waals surface area (Å²) in [5.41, 5.74) is 17.9. The molecule has 0 unspecified atom stereocenters. The maximum Gasteiger partial charge on any atom is 0.163 e. The van der Waals surface area contributed by atoms with E-state index < -0.39 is 0 Å². The van der Waals surface area contributed by atoms with Gasteiger partial charge in [-0.1, -0.05) is 158 Å². The predicted octanol–water partition coefficient (Wildman–Crippen LogP) is 19.3. The van der Waals surface area contributed by atoms with Crippen LogP contribution in [0.1, 0.15) is 0 Å². The second-order valence-corrected chi connectivity index (χ2v) is 21.8. The van der Waals surface area contributed by atoms with Gasteiger partial charge in [0.05, 0.1) is 55.2 Å². The normalized spacial score (nSPS) is 12.1. The highest BCUT2D eigenvalue weighted by molar-refractivity contribution is 6.15. The van der Waals surface area contributed by atoms with Crippen molar-refractivity contribution in [3.63, 3.8) is 0 Å². The summed E-state index contributed by atoms with van der Waals surface area (Å²) >= 11 is 0. The van der Waals surface area contributed by atoms with E-state index >= 15 is 0 Å². The van der Waals surface area contributed by atoms with Gasteiger partial charge in [-0.2, -0.15) is 0 Å². The minimum Gasteiger partial charge on any atom is -0.309 e. The number of hydrogen-bond acceptors (Lipinski definition) is 2. The fourth-order valence-electron chi connectivity index (χ4n) is 13.7. The molecule has 0 fully saturated rings. The van der Waals surface area contributed by atoms with Crippen molar-refractivity contribution in [3.05, 3.63) is 285 Å². The highest BCUT2D eigenvalue weighted by Gasteiger charge is 2.22. The zero-order valence-corrected chi connectivity index (χ0v) is 44.8. The van der Waals surface area contributed by atoms with E-state index in [4.69, 9.17) is 9.97 Å². The molecule has 6 aromatic heterocycles. The molecule has 83 heavy (non-hydrogen) atoms. The zero-order chi connectivity index (χ0) is 54.3. The molecule has 0 N–H and O–H groups in total. The molecule has 0 atom stereocenters. The lowest BCUT2D eigenvalue weighted by atomic mass is 10.0. The van der Waals surface area contributed by atoms with E-state index in [-0.39, 0.29) is 0 Å². The average Bonchev–Trinajstić information content (AvgIpc) is 3.86. The molecule has 386 valence electrons. The summed E-state index contributed by atoms with van der Waals surface area (Å²) in [6.07, 6.45) is 0. The van der Waals surface area contributed by atoms with Crippen molar-refractivity contribution in [3.8, 4) is 51.2 Å². The first-order chi connectivity index (χ1) is 41.2. The first-order valence-electron chi connectivity index (χ1n) is 28.3. The Hall–Kier alpha value is -11.3. The standard InChI is InChI=1S/C76H47N7/c1-2-18-51(19-3-1)79-66-29-13-10-26-60(66)61-44-49(36-41-71(61)79)50-37-42-72-62(45-50)63-46-53(81-64-27-11-4-20-54(64)55-21-5-12-28-65(55)81)40-43-73(63)80(72)52-38-34-48(35-39-52)76-77-74(82-67-30-14-6-22-56(67)57-23-7-15-31-68(57)82)47-75(78-76)83-69-32-16-8-24-58(69)59-25-9-17-33-70(59)83/h1-47H. The third-order valence-corrected chi connectivity index (χ3v) is 17.3. The number of nitrogens with zero attached hydrogens (tertiary/aromatic N) is 7. The first-order valence-corrected chi connectivity index (χ1v) is 28.3. The van der Waals surface area contributed by atoms with E-state index in [1.165, 1.54) is 81.5 Å². The number of fused-ring (bicyclic) bond motifs is 15. The topological polar surface area (TPSA) is 50.4 Å². The van der Waals surface area contributed by atoms with Crippen molar-refractivity contribution in [2.75, 3.05) is 0 Å². The smallest absolute Gasteiger partial charge is 0.163 e. The Morgan fingerprint density at radius 2 is 0.458 bits per heavy atom. The van der Waals surface area contributed by atoms with Crippen molar-refractivity contribution < 1.29 is 0 Å². The summed E-state index contributed by atoms with van der Waals surface area (Å²) in [7, 11) is 0. The van der Waals surface area contributed by atoms with Crippen molar-refractivity contribution in [2.45, 2.75) is 0 Å². The molecule has 0 saturated carbocycles. The van der Waals surface area contributed by atoms with E-state index in [9.17, 15) is 0 Å². The van der Waals surface area contributed by atoms with Gasteiger partial charge in [-0.25, -0.2) is 9.97 Å². The Morgan fingerprint density at radius 1 is 0.181 bits per heavy atom. The van der Waals surface area contributed by atoms with Crippen LogP contribution in [-0.4, -0.2) is 32.8 Å². The molecule has 0 aliphatic rings. The van der Waals surface area contributed by atoms with E-state index in [2.05, 4.69) is 308 Å². The number of hydrogen-bond donors (Lipinski definition) is 0. The molecular formula is C76H47N7. The minimum absolute atomic E-state index is 0.638. The number of aromatic nitrogens is 7. The highest BCUT2D eigenvalue weighted by atomic mass is 15.1. The van der Waals surface area contributed by atoms with Crippen LogP contribution in [0.25, 0.3) is 160 Å². The van der Waals surface area contributed by atoms with Crippen LogP contribution in [0.15, 0.2) is 285 Å². The maximum absolute atomic E-state index is 5.50. The summed E-state index contributed by atoms with van der Waals surface area (Å²) in [6.45, 7) is 0. The monoisotopic (exact) mass is 1060 g/mol. The molecule has 12 aromatic carbocycles. The fourth-order valence-corrected chi connectivity index (χ4v) is 13.7. The van der Waals surface area contributed by atoms with E-state index in [0.717, 1.165) is 72.9 Å². The van der Waals surface area contributed by atoms with Gasteiger partial charge in [-0.3, -0.25) is 9.13 Å². The molecule has 18 rings (SSSR count). The van der Waals surface area contributed by atoms with Crippen molar-refractivity contribution >= 4 is 109 Å². The van der Waals surface area contributed by atoms with E-state index in [0.29, 0.717) is 5.82 Å². The quantitative estimate of drug-likeness (QED) is 0.160. The molecule has 0 spiro atoms. The maximum atomic E-state index is 5.50. The van der Waals surface area contributed by atoms with E-state index in [1.54, 1.807) is 0 Å². The van der Waals surface area contributed by atoms with Gasteiger partial charge < -0.3 is 13.7 Å². The molecule has 18 aromatic rings. The molecule has 6 heterocycles. The van der Waals surface area contributed by atoms with E-state index in [1.807, 2.05) is 0 Å². The van der Waals surface area contributed by atoms with Gasteiger partial charge >= 0.3 is 0 Å². The molecule has 0 bridgehead atoms. The van der Waals surface area contributed by atoms with Gasteiger partial charge in [0.2, 0.25) is 0 Å². The lowest BCUT2D eigenvalue weighted by Crippen LogP contribution is -2.06. The molecule has 0 aliphatic heterocycles. The van der Waals surface area contributed by atoms with Gasteiger partial charge in [-0.05, 0) is 132 Å². The number of benzene rings is 12. The van der Waals surface area contributed by atoms with Crippen LogP contribution in [0.5, 0.6) is 0 Å². The summed E-state index contributed by atoms with van der Waals surface area (Å²) < 4.78 is 11.8. The Labute approximate surface area is 475 Å². The van der Waals surface area contributed by atoms with Crippen LogP contribution >= 0.6 is 0 Å². The first kappa shape index (κ1) is 45.6. The Kier molecular flexibility index (Phi) is 9.67. The molecule has 7 nitrogen and oxygen atoms in total. The molecule has 0 saturated heterocycles. The third-order valence-electron chi connectivity index (χ3n) is 17.3. The van der Waals surface area contributed by atoms with Crippen LogP contribution in [0.2, 0.25) is 0 Å². The summed E-state index contributed by atoms with van der Waals surface area (Å²) in [6, 6.07) is 103. The Balaban J connectivity index is 0.833. The van der Waals surface area contributed by atoms with Crippen molar-refractivity contribution in [1.82, 2.24) is 32.8 Å². The fraction of sp³-hybridized carbons (Fsp3) is 0. The average molecular weight is 1060 g/mol. The number of para-hydroxylation sites is 8. The van der Waals surface area contributed by atoms with Crippen LogP contribution < -0.4 is 0 Å². The van der Waals surface area contributed by atoms with Gasteiger partial charge in [0, 0.05) is 82.6 Å². The SMILES string of the molecule is c1ccc(-n2c3ccccc3c3cc(-c4ccc5c(c4)c4cc(-n6c7ccccc7c7ccccc76)ccc4n5-c4ccc(-c5nc(-n6c7ccccc7c7ccccc76)cc(-n6c7ccccc7c7ccccc76)n5)cc4)ccc32)cc1. The summed E-state index contributed by atoms with van der Waals surface area (Å²) in [4.78, 5) is 11.0. The predicted molar refractivity (Wildman–Crippen MR) is 345 cm³/mol. The lowest BCUT2D eigenvalue weighted by Gasteiger charge is -2.14. The summed E-state index contributed by atoms with van der Waals surface area (Å²) in [5.74, 6) is 2.23. The minimum atomic E-state index is 0.638. The van der Waals surface area contributed by atoms with Gasteiger partial charge in [0.15, 0.2) is 5.82 Å².